The maximum atomic E-state index is 10.9. The zero-order valence-electron chi connectivity index (χ0n) is 22.2. The van der Waals surface area contributed by atoms with Gasteiger partial charge >= 0.3 is 8.24 Å². The molecular weight excluding hydrogens is 415 g/mol. The number of fused-ring (bicyclic) bond motifs is 3. The Bertz CT molecular complexity index is 1170. The van der Waals surface area contributed by atoms with Crippen LogP contribution in [0.4, 0.5) is 0 Å². The lowest BCUT2D eigenvalue weighted by Gasteiger charge is -2.54. The van der Waals surface area contributed by atoms with E-state index in [1.54, 1.807) is 0 Å². The number of para-hydroxylation sites is 1. The van der Waals surface area contributed by atoms with Crippen molar-refractivity contribution in [1.82, 2.24) is 0 Å². The van der Waals surface area contributed by atoms with E-state index in [1.165, 1.54) is 5.57 Å². The predicted molar refractivity (Wildman–Crippen MR) is 138 cm³/mol. The first-order chi connectivity index (χ1) is 14.3. The van der Waals surface area contributed by atoms with Gasteiger partial charge in [-0.3, -0.25) is 4.89 Å². The lowest BCUT2D eigenvalue weighted by Crippen LogP contribution is -2.51. The number of rotatable bonds is 0. The molecule has 1 aliphatic rings. The van der Waals surface area contributed by atoms with Gasteiger partial charge < -0.3 is 8.39 Å². The summed E-state index contributed by atoms with van der Waals surface area (Å²) in [5, 5.41) is 2.08. The van der Waals surface area contributed by atoms with E-state index in [-0.39, 0.29) is 27.1 Å². The van der Waals surface area contributed by atoms with Crippen LogP contribution in [0.2, 0.25) is 0 Å². The fourth-order valence-electron chi connectivity index (χ4n) is 5.50. The van der Waals surface area contributed by atoms with Gasteiger partial charge in [0, 0.05) is 21.6 Å². The van der Waals surface area contributed by atoms with E-state index in [4.69, 9.17) is 8.39 Å². The lowest BCUT2D eigenvalue weighted by molar-refractivity contribution is 0.0346. The van der Waals surface area contributed by atoms with Crippen molar-refractivity contribution in [2.24, 2.45) is 21.7 Å². The van der Waals surface area contributed by atoms with Gasteiger partial charge in [0.15, 0.2) is 0 Å². The number of benzene rings is 1. The van der Waals surface area contributed by atoms with Gasteiger partial charge in [0.25, 0.3) is 0 Å². The fraction of sp³-hybridized carbons (Fsp3) is 0.643. The third kappa shape index (κ3) is 4.12. The first-order valence-electron chi connectivity index (χ1n) is 11.8. The lowest BCUT2D eigenvalue weighted by atomic mass is 9.49. The summed E-state index contributed by atoms with van der Waals surface area (Å²) in [7, 11) is -2.07. The minimum atomic E-state index is -2.07. The van der Waals surface area contributed by atoms with Crippen LogP contribution in [-0.2, 0) is 5.41 Å². The van der Waals surface area contributed by atoms with Crippen LogP contribution in [-0.4, -0.2) is 4.89 Å². The molecule has 3 rings (SSSR count). The Kier molecular flexibility index (Phi) is 5.93. The number of hydrogen-bond donors (Lipinski definition) is 1. The summed E-state index contributed by atoms with van der Waals surface area (Å²) in [5.41, 5.74) is 3.57. The third-order valence-electron chi connectivity index (χ3n) is 7.40. The maximum Gasteiger partial charge on any atom is 0.384 e. The second-order valence-electron chi connectivity index (χ2n) is 13.6. The minimum absolute atomic E-state index is 0.0131. The van der Waals surface area contributed by atoms with E-state index >= 15 is 0 Å². The molecule has 0 radical (unpaired) electrons. The molecule has 0 spiro atoms. The first kappa shape index (κ1) is 25.2. The van der Waals surface area contributed by atoms with E-state index in [0.29, 0.717) is 0 Å². The van der Waals surface area contributed by atoms with Gasteiger partial charge in [-0.25, -0.2) is 0 Å². The van der Waals surface area contributed by atoms with Crippen LogP contribution in [0, 0.1) is 21.7 Å². The molecule has 0 fully saturated rings. The van der Waals surface area contributed by atoms with Gasteiger partial charge in [-0.15, -0.1) is 0 Å². The average molecular weight is 459 g/mol. The second kappa shape index (κ2) is 7.54. The van der Waals surface area contributed by atoms with Crippen LogP contribution in [0.15, 0.2) is 26.6 Å². The molecule has 0 saturated carbocycles. The second-order valence-corrected chi connectivity index (χ2v) is 14.5. The van der Waals surface area contributed by atoms with Crippen molar-refractivity contribution in [3.05, 3.63) is 34.4 Å². The Labute approximate surface area is 195 Å². The smallest absolute Gasteiger partial charge is 0.384 e. The van der Waals surface area contributed by atoms with Crippen LogP contribution in [0.25, 0.3) is 22.6 Å². The molecule has 1 N–H and O–H groups in total. The van der Waals surface area contributed by atoms with Crippen molar-refractivity contribution in [3.8, 4) is 0 Å². The SMILES string of the molecule is CC(C)(C)C1=c2op(O)oc3c(C(C)(C)C)cccc3c2=CC(C(C)(C)C)(C(C)(C)C)C1. The van der Waals surface area contributed by atoms with E-state index in [1.807, 2.05) is 0 Å². The predicted octanol–water partition coefficient (Wildman–Crippen LogP) is 7.65. The highest BCUT2D eigenvalue weighted by Crippen LogP contribution is 2.59. The maximum absolute atomic E-state index is 10.9. The molecule has 0 saturated heterocycles. The Morgan fingerprint density at radius 3 is 1.84 bits per heavy atom. The molecular formula is C28H43O3P. The summed E-state index contributed by atoms with van der Waals surface area (Å²) >= 11 is 0. The van der Waals surface area contributed by atoms with Gasteiger partial charge in [0.2, 0.25) is 0 Å². The quantitative estimate of drug-likeness (QED) is 0.441. The molecule has 4 heteroatoms. The summed E-state index contributed by atoms with van der Waals surface area (Å²) < 4.78 is 12.4. The molecule has 1 aromatic carbocycles. The molecule has 1 aliphatic carbocycles. The van der Waals surface area contributed by atoms with Gasteiger partial charge in [-0.05, 0) is 33.7 Å². The normalized spacial score (nSPS) is 17.8. The van der Waals surface area contributed by atoms with E-state index in [2.05, 4.69) is 107 Å². The van der Waals surface area contributed by atoms with Gasteiger partial charge in [-0.1, -0.05) is 107 Å². The molecule has 1 unspecified atom stereocenters. The zero-order chi connectivity index (χ0) is 24.5. The van der Waals surface area contributed by atoms with E-state index in [0.717, 1.165) is 33.6 Å². The highest BCUT2D eigenvalue weighted by molar-refractivity contribution is 7.30. The zero-order valence-corrected chi connectivity index (χ0v) is 23.1. The highest BCUT2D eigenvalue weighted by Gasteiger charge is 2.51. The first-order valence-corrected chi connectivity index (χ1v) is 12.9. The van der Waals surface area contributed by atoms with Crippen LogP contribution in [0.5, 0.6) is 0 Å². The number of hydrogen-bond acceptors (Lipinski definition) is 3. The standard InChI is InChI=1S/C28H43O3P/c1-24(2,3)20-15-13-14-18-19-16-28(26(7,8)9,27(10,11)12)17-21(25(4,5)6)23(19)31-32(29)30-22(18)20/h13-16,29H,17H2,1-12H3. The Morgan fingerprint density at radius 1 is 0.812 bits per heavy atom. The Morgan fingerprint density at radius 2 is 1.38 bits per heavy atom. The molecule has 3 nitrogen and oxygen atoms in total. The van der Waals surface area contributed by atoms with Gasteiger partial charge in [0.05, 0.1) is 0 Å². The van der Waals surface area contributed by atoms with Crippen molar-refractivity contribution in [3.63, 3.8) is 0 Å². The summed E-state index contributed by atoms with van der Waals surface area (Å²) in [4.78, 5) is 10.9. The molecule has 178 valence electrons. The van der Waals surface area contributed by atoms with Gasteiger partial charge in [0.1, 0.15) is 11.0 Å². The summed E-state index contributed by atoms with van der Waals surface area (Å²) in [6, 6.07) is 6.33. The molecule has 1 atom stereocenters. The highest BCUT2D eigenvalue weighted by atomic mass is 31.1. The molecule has 0 bridgehead atoms. The monoisotopic (exact) mass is 458 g/mol. The molecule has 1 aromatic heterocycles. The molecule has 1 heterocycles. The van der Waals surface area contributed by atoms with Crippen molar-refractivity contribution < 1.29 is 13.3 Å². The fourth-order valence-corrected chi connectivity index (χ4v) is 6.25. The molecule has 0 aliphatic heterocycles. The van der Waals surface area contributed by atoms with Crippen molar-refractivity contribution in [2.75, 3.05) is 0 Å². The molecule has 0 amide bonds. The van der Waals surface area contributed by atoms with Crippen LogP contribution >= 0.6 is 8.24 Å². The van der Waals surface area contributed by atoms with Crippen molar-refractivity contribution >= 4 is 30.9 Å². The third-order valence-corrected chi connectivity index (χ3v) is 8.08. The van der Waals surface area contributed by atoms with Crippen LogP contribution < -0.4 is 10.6 Å². The summed E-state index contributed by atoms with van der Waals surface area (Å²) in [6.45, 7) is 27.4. The average Bonchev–Trinajstić information content (AvgIpc) is 2.72. The molecule has 32 heavy (non-hydrogen) atoms. The Hall–Kier alpha value is -1.44. The van der Waals surface area contributed by atoms with Crippen LogP contribution in [0.1, 0.15) is 95.1 Å². The van der Waals surface area contributed by atoms with E-state index in [9.17, 15) is 4.89 Å². The van der Waals surface area contributed by atoms with Gasteiger partial charge in [-0.2, -0.15) is 0 Å². The topological polar surface area (TPSA) is 46.5 Å². The largest absolute Gasteiger partial charge is 0.399 e. The summed E-state index contributed by atoms with van der Waals surface area (Å²) in [6.07, 6.45) is 3.33. The van der Waals surface area contributed by atoms with Crippen molar-refractivity contribution in [1.29, 1.82) is 0 Å². The molecule has 2 aromatic rings. The summed E-state index contributed by atoms with van der Waals surface area (Å²) in [5.74, 6) is 0. The minimum Gasteiger partial charge on any atom is -0.399 e. The van der Waals surface area contributed by atoms with E-state index < -0.39 is 8.24 Å². The van der Waals surface area contributed by atoms with Crippen LogP contribution in [0.3, 0.4) is 0 Å². The van der Waals surface area contributed by atoms with Crippen molar-refractivity contribution in [2.45, 2.75) is 94.9 Å². The Balaban J connectivity index is 2.74.